The van der Waals surface area contributed by atoms with Crippen molar-refractivity contribution < 1.29 is 4.21 Å². The van der Waals surface area contributed by atoms with E-state index in [2.05, 4.69) is 31.3 Å². The van der Waals surface area contributed by atoms with Gasteiger partial charge in [0.05, 0.1) is 37.3 Å². The van der Waals surface area contributed by atoms with E-state index in [0.29, 0.717) is 10.0 Å². The normalized spacial score (nSPS) is 19.6. The quantitative estimate of drug-likeness (QED) is 0.661. The van der Waals surface area contributed by atoms with Crippen LogP contribution in [-0.2, 0) is 17.5 Å². The minimum atomic E-state index is -1.11. The first-order valence-corrected chi connectivity index (χ1v) is 9.74. The molecule has 1 aromatic carbocycles. The van der Waals surface area contributed by atoms with E-state index >= 15 is 0 Å². The number of halogens is 3. The number of aromatic nitrogens is 1. The highest BCUT2D eigenvalue weighted by Gasteiger charge is 2.30. The molecule has 1 aromatic heterocycles. The fraction of sp³-hybridized carbons (Fsp3) is 0.467. The summed E-state index contributed by atoms with van der Waals surface area (Å²) in [6, 6.07) is 3.98. The van der Waals surface area contributed by atoms with Crippen LogP contribution in [0.4, 0.5) is 0 Å². The van der Waals surface area contributed by atoms with Gasteiger partial charge in [0.25, 0.3) is 0 Å². The molecule has 3 nitrogen and oxygen atoms in total. The molecule has 22 heavy (non-hydrogen) atoms. The molecule has 2 heterocycles. The van der Waals surface area contributed by atoms with Crippen LogP contribution in [0, 0.1) is 0 Å². The zero-order valence-electron chi connectivity index (χ0n) is 12.5. The second-order valence-electron chi connectivity index (χ2n) is 6.48. The standard InChI is InChI=1S/C15H17BrCl2N2OS/c1-15(2,3)22(21)19-11-4-5-20-12(11)6-8-9(16)7-10(17)13(18)14(8)20/h6-7,11,19H,4-5H2,1-3H3/t11-,22+/m0/s1. The molecule has 0 aliphatic carbocycles. The number of hydrogen-bond donors (Lipinski definition) is 1. The smallest absolute Gasteiger partial charge is 0.0976 e. The fourth-order valence-corrected chi connectivity index (χ4v) is 4.68. The number of nitrogens with one attached hydrogen (secondary N) is 1. The third-order valence-corrected chi connectivity index (χ3v) is 6.91. The lowest BCUT2D eigenvalue weighted by Gasteiger charge is -2.21. The van der Waals surface area contributed by atoms with E-state index in [1.165, 1.54) is 0 Å². The Labute approximate surface area is 151 Å². The van der Waals surface area contributed by atoms with Crippen LogP contribution in [0.3, 0.4) is 0 Å². The summed E-state index contributed by atoms with van der Waals surface area (Å²) in [5.41, 5.74) is 2.05. The van der Waals surface area contributed by atoms with Crippen LogP contribution in [0.5, 0.6) is 0 Å². The summed E-state index contributed by atoms with van der Waals surface area (Å²) in [6.45, 7) is 6.74. The topological polar surface area (TPSA) is 34.0 Å². The van der Waals surface area contributed by atoms with Gasteiger partial charge in [0, 0.05) is 22.1 Å². The van der Waals surface area contributed by atoms with Crippen LogP contribution in [-0.4, -0.2) is 13.5 Å². The average Bonchev–Trinajstić information content (AvgIpc) is 2.95. The predicted molar refractivity (Wildman–Crippen MR) is 98.0 cm³/mol. The van der Waals surface area contributed by atoms with Crippen LogP contribution < -0.4 is 4.72 Å². The first-order chi connectivity index (χ1) is 10.2. The van der Waals surface area contributed by atoms with Crippen molar-refractivity contribution in [3.8, 4) is 0 Å². The molecule has 1 aliphatic rings. The summed E-state index contributed by atoms with van der Waals surface area (Å²) in [6.07, 6.45) is 0.896. The highest BCUT2D eigenvalue weighted by Crippen LogP contribution is 2.42. The minimum absolute atomic E-state index is 0.0641. The Kier molecular flexibility index (Phi) is 4.41. The molecule has 120 valence electrons. The first-order valence-electron chi connectivity index (χ1n) is 7.05. The van der Waals surface area contributed by atoms with Crippen molar-refractivity contribution in [3.63, 3.8) is 0 Å². The molecule has 0 saturated carbocycles. The largest absolute Gasteiger partial charge is 0.342 e. The molecular weight excluding hydrogens is 407 g/mol. The maximum atomic E-state index is 12.4. The van der Waals surface area contributed by atoms with Crippen LogP contribution in [0.15, 0.2) is 16.6 Å². The van der Waals surface area contributed by atoms with Gasteiger partial charge in [0.1, 0.15) is 0 Å². The Morgan fingerprint density at radius 1 is 1.36 bits per heavy atom. The maximum Gasteiger partial charge on any atom is 0.0976 e. The Morgan fingerprint density at radius 2 is 2.05 bits per heavy atom. The monoisotopic (exact) mass is 422 g/mol. The summed E-state index contributed by atoms with van der Waals surface area (Å²) >= 11 is 16.1. The molecule has 0 bridgehead atoms. The van der Waals surface area contributed by atoms with Crippen LogP contribution in [0.1, 0.15) is 38.9 Å². The van der Waals surface area contributed by atoms with Crippen molar-refractivity contribution in [1.82, 2.24) is 9.29 Å². The molecule has 1 N–H and O–H groups in total. The lowest BCUT2D eigenvalue weighted by molar-refractivity contribution is 0.594. The predicted octanol–water partition coefficient (Wildman–Crippen LogP) is 5.21. The molecule has 2 aromatic rings. The van der Waals surface area contributed by atoms with E-state index < -0.39 is 11.0 Å². The van der Waals surface area contributed by atoms with Gasteiger partial charge in [-0.05, 0) is 39.3 Å². The van der Waals surface area contributed by atoms with Gasteiger partial charge in [-0.3, -0.25) is 0 Å². The molecule has 7 heteroatoms. The van der Waals surface area contributed by atoms with Crippen molar-refractivity contribution in [2.24, 2.45) is 0 Å². The first kappa shape index (κ1) is 16.8. The maximum absolute atomic E-state index is 12.4. The fourth-order valence-electron chi connectivity index (χ4n) is 2.71. The Hall–Kier alpha value is -0.0700. The molecule has 1 aliphatic heterocycles. The van der Waals surface area contributed by atoms with Crippen molar-refractivity contribution in [2.45, 2.75) is 44.5 Å². The average molecular weight is 424 g/mol. The second kappa shape index (κ2) is 5.78. The summed E-state index contributed by atoms with van der Waals surface area (Å²) < 4.78 is 18.4. The van der Waals surface area contributed by atoms with Gasteiger partial charge in [0.2, 0.25) is 0 Å². The van der Waals surface area contributed by atoms with Gasteiger partial charge in [-0.1, -0.05) is 39.1 Å². The van der Waals surface area contributed by atoms with E-state index in [1.54, 1.807) is 0 Å². The SMILES string of the molecule is CC(C)(C)[S@@](=O)N[C@H]1CCn2c1cc1c(Br)cc(Cl)c(Cl)c12. The summed E-state index contributed by atoms with van der Waals surface area (Å²) in [4.78, 5) is 0. The van der Waals surface area contributed by atoms with Crippen molar-refractivity contribution in [1.29, 1.82) is 0 Å². The van der Waals surface area contributed by atoms with E-state index in [9.17, 15) is 4.21 Å². The van der Waals surface area contributed by atoms with Gasteiger partial charge in [0.15, 0.2) is 0 Å². The van der Waals surface area contributed by atoms with Crippen molar-refractivity contribution in [2.75, 3.05) is 0 Å². The van der Waals surface area contributed by atoms with Gasteiger partial charge in [-0.2, -0.15) is 0 Å². The number of rotatable bonds is 2. The number of fused-ring (bicyclic) bond motifs is 3. The Morgan fingerprint density at radius 3 is 2.68 bits per heavy atom. The third kappa shape index (κ3) is 2.75. The third-order valence-electron chi connectivity index (χ3n) is 3.86. The van der Waals surface area contributed by atoms with E-state index in [-0.39, 0.29) is 10.8 Å². The molecule has 0 spiro atoms. The number of aryl methyl sites for hydroxylation is 1. The second-order valence-corrected chi connectivity index (χ2v) is 10.1. The van der Waals surface area contributed by atoms with E-state index in [4.69, 9.17) is 23.2 Å². The Bertz CT molecular complexity index is 782. The van der Waals surface area contributed by atoms with Gasteiger partial charge in [-0.25, -0.2) is 8.93 Å². The van der Waals surface area contributed by atoms with Crippen LogP contribution >= 0.6 is 39.1 Å². The molecule has 3 rings (SSSR count). The summed E-state index contributed by atoms with van der Waals surface area (Å²) in [5, 5.41) is 2.15. The van der Waals surface area contributed by atoms with Gasteiger partial charge in [-0.15, -0.1) is 0 Å². The molecule has 0 radical (unpaired) electrons. The molecule has 0 fully saturated rings. The minimum Gasteiger partial charge on any atom is -0.342 e. The Balaban J connectivity index is 2.06. The molecule has 0 saturated heterocycles. The summed E-state index contributed by atoms with van der Waals surface area (Å²) in [5.74, 6) is 0. The number of benzene rings is 1. The van der Waals surface area contributed by atoms with Crippen molar-refractivity contribution >= 4 is 61.0 Å². The number of hydrogen-bond acceptors (Lipinski definition) is 1. The van der Waals surface area contributed by atoms with Gasteiger partial charge >= 0.3 is 0 Å². The molecule has 0 unspecified atom stereocenters. The highest BCUT2D eigenvalue weighted by atomic mass is 79.9. The molecular formula is C15H17BrCl2N2OS. The van der Waals surface area contributed by atoms with Gasteiger partial charge < -0.3 is 4.57 Å². The zero-order valence-corrected chi connectivity index (χ0v) is 16.5. The van der Waals surface area contributed by atoms with Crippen molar-refractivity contribution in [3.05, 3.63) is 32.3 Å². The zero-order chi connectivity index (χ0) is 16.2. The summed E-state index contributed by atoms with van der Waals surface area (Å²) in [7, 11) is -1.11. The van der Waals surface area contributed by atoms with Crippen LogP contribution in [0.25, 0.3) is 10.9 Å². The van der Waals surface area contributed by atoms with E-state index in [1.807, 2.05) is 26.8 Å². The molecule has 2 atom stereocenters. The van der Waals surface area contributed by atoms with E-state index in [0.717, 1.165) is 34.0 Å². The highest BCUT2D eigenvalue weighted by molar-refractivity contribution is 9.10. The lowest BCUT2D eigenvalue weighted by atomic mass is 10.2. The molecule has 0 amide bonds. The lowest BCUT2D eigenvalue weighted by Crippen LogP contribution is -2.35. The number of nitrogens with zero attached hydrogens (tertiary/aromatic N) is 1. The van der Waals surface area contributed by atoms with Crippen LogP contribution in [0.2, 0.25) is 10.0 Å².